The van der Waals surface area contributed by atoms with Crippen LogP contribution in [0, 0.1) is 5.82 Å². The lowest BCUT2D eigenvalue weighted by atomic mass is 10.3. The molecule has 0 aliphatic heterocycles. The summed E-state index contributed by atoms with van der Waals surface area (Å²) in [5.74, 6) is -0.319. The zero-order chi connectivity index (χ0) is 13.7. The molecule has 1 amide bonds. The van der Waals surface area contributed by atoms with Crippen molar-refractivity contribution in [2.75, 3.05) is 12.3 Å². The van der Waals surface area contributed by atoms with Gasteiger partial charge in [-0.1, -0.05) is 0 Å². The van der Waals surface area contributed by atoms with Crippen LogP contribution in [0.1, 0.15) is 20.3 Å². The molecular formula is C12H16BrFN2O2. The molecule has 0 aliphatic rings. The van der Waals surface area contributed by atoms with E-state index in [-0.39, 0.29) is 35.2 Å². The molecule has 0 bridgehead atoms. The Labute approximate surface area is 114 Å². The van der Waals surface area contributed by atoms with Crippen molar-refractivity contribution in [1.29, 1.82) is 0 Å². The van der Waals surface area contributed by atoms with E-state index in [0.717, 1.165) is 0 Å². The summed E-state index contributed by atoms with van der Waals surface area (Å²) in [7, 11) is 0. The molecule has 0 aromatic heterocycles. The smallest absolute Gasteiger partial charge is 0.223 e. The Morgan fingerprint density at radius 2 is 2.22 bits per heavy atom. The fourth-order valence-electron chi connectivity index (χ4n) is 1.32. The molecule has 18 heavy (non-hydrogen) atoms. The highest BCUT2D eigenvalue weighted by Gasteiger charge is 2.08. The van der Waals surface area contributed by atoms with E-state index in [1.807, 2.05) is 13.8 Å². The average Bonchev–Trinajstić information content (AvgIpc) is 2.24. The van der Waals surface area contributed by atoms with E-state index in [1.165, 1.54) is 12.1 Å². The molecule has 1 rings (SSSR count). The molecule has 0 aliphatic carbocycles. The summed E-state index contributed by atoms with van der Waals surface area (Å²) < 4.78 is 18.8. The van der Waals surface area contributed by atoms with Crippen molar-refractivity contribution in [1.82, 2.24) is 5.32 Å². The summed E-state index contributed by atoms with van der Waals surface area (Å²) in [6.45, 7) is 3.91. The van der Waals surface area contributed by atoms with Gasteiger partial charge in [0.2, 0.25) is 5.91 Å². The van der Waals surface area contributed by atoms with Gasteiger partial charge in [-0.25, -0.2) is 4.39 Å². The zero-order valence-electron chi connectivity index (χ0n) is 10.3. The third kappa shape index (κ3) is 4.52. The van der Waals surface area contributed by atoms with Crippen LogP contribution in [-0.4, -0.2) is 18.6 Å². The quantitative estimate of drug-likeness (QED) is 0.820. The van der Waals surface area contributed by atoms with Crippen LogP contribution in [0.3, 0.4) is 0 Å². The fourth-order valence-corrected chi connectivity index (χ4v) is 1.68. The number of carbonyl (C=O) groups is 1. The number of amides is 1. The van der Waals surface area contributed by atoms with Crippen LogP contribution in [0.5, 0.6) is 5.75 Å². The Balaban J connectivity index is 2.49. The maximum absolute atomic E-state index is 13.3. The highest BCUT2D eigenvalue weighted by atomic mass is 79.9. The predicted octanol–water partition coefficient (Wildman–Crippen LogP) is 2.46. The Kier molecular flexibility index (Phi) is 5.40. The third-order valence-electron chi connectivity index (χ3n) is 2.09. The maximum Gasteiger partial charge on any atom is 0.223 e. The summed E-state index contributed by atoms with van der Waals surface area (Å²) in [5.41, 5.74) is 5.99. The second kappa shape index (κ2) is 6.58. The highest BCUT2D eigenvalue weighted by Crippen LogP contribution is 2.28. The van der Waals surface area contributed by atoms with Crippen LogP contribution in [-0.2, 0) is 4.79 Å². The molecular weight excluding hydrogens is 303 g/mol. The average molecular weight is 319 g/mol. The topological polar surface area (TPSA) is 64.3 Å². The van der Waals surface area contributed by atoms with E-state index >= 15 is 0 Å². The number of hydrogen-bond acceptors (Lipinski definition) is 3. The van der Waals surface area contributed by atoms with E-state index in [0.29, 0.717) is 5.69 Å². The maximum atomic E-state index is 13.3. The standard InChI is InChI=1S/C12H16BrFN2O2/c1-7(2)16-12(17)3-4-18-11-6-9(14)8(13)5-10(11)15/h5-7H,3-4,15H2,1-2H3,(H,16,17). The molecule has 0 unspecified atom stereocenters. The Bertz CT molecular complexity index is 438. The Morgan fingerprint density at radius 1 is 1.56 bits per heavy atom. The van der Waals surface area contributed by atoms with Gasteiger partial charge in [-0.05, 0) is 35.8 Å². The summed E-state index contributed by atoms with van der Waals surface area (Å²) in [4.78, 5) is 11.3. The molecule has 4 nitrogen and oxygen atoms in total. The van der Waals surface area contributed by atoms with Gasteiger partial charge in [0, 0.05) is 12.1 Å². The molecule has 1 aromatic carbocycles. The van der Waals surface area contributed by atoms with Crippen molar-refractivity contribution >= 4 is 27.5 Å². The molecule has 0 saturated carbocycles. The minimum atomic E-state index is -0.453. The second-order valence-corrected chi connectivity index (χ2v) is 4.98. The van der Waals surface area contributed by atoms with Crippen molar-refractivity contribution in [3.63, 3.8) is 0 Å². The highest BCUT2D eigenvalue weighted by molar-refractivity contribution is 9.10. The molecule has 0 heterocycles. The first-order valence-electron chi connectivity index (χ1n) is 5.57. The van der Waals surface area contributed by atoms with Gasteiger partial charge in [0.1, 0.15) is 11.6 Å². The van der Waals surface area contributed by atoms with Crippen molar-refractivity contribution in [3.8, 4) is 5.75 Å². The van der Waals surface area contributed by atoms with Crippen LogP contribution in [0.25, 0.3) is 0 Å². The largest absolute Gasteiger partial charge is 0.491 e. The van der Waals surface area contributed by atoms with Gasteiger partial charge in [-0.2, -0.15) is 0 Å². The molecule has 1 aromatic rings. The van der Waals surface area contributed by atoms with Crippen LogP contribution in [0.15, 0.2) is 16.6 Å². The molecule has 6 heteroatoms. The van der Waals surface area contributed by atoms with E-state index in [1.54, 1.807) is 0 Å². The Morgan fingerprint density at radius 3 is 2.83 bits per heavy atom. The number of halogens is 2. The van der Waals surface area contributed by atoms with Crippen LogP contribution in [0.4, 0.5) is 10.1 Å². The van der Waals surface area contributed by atoms with E-state index < -0.39 is 5.82 Å². The zero-order valence-corrected chi connectivity index (χ0v) is 11.9. The van der Waals surface area contributed by atoms with E-state index in [4.69, 9.17) is 10.5 Å². The number of benzene rings is 1. The summed E-state index contributed by atoms with van der Waals surface area (Å²) in [6, 6.07) is 2.71. The molecule has 0 radical (unpaired) electrons. The van der Waals surface area contributed by atoms with Gasteiger partial charge in [-0.15, -0.1) is 0 Å². The lowest BCUT2D eigenvalue weighted by Gasteiger charge is -2.11. The first kappa shape index (κ1) is 14.8. The summed E-state index contributed by atoms with van der Waals surface area (Å²) in [5, 5.41) is 2.73. The number of anilines is 1. The number of hydrogen-bond donors (Lipinski definition) is 2. The molecule has 0 saturated heterocycles. The van der Waals surface area contributed by atoms with Gasteiger partial charge in [-0.3, -0.25) is 4.79 Å². The van der Waals surface area contributed by atoms with Crippen LogP contribution >= 0.6 is 15.9 Å². The molecule has 100 valence electrons. The number of nitrogens with two attached hydrogens (primary N) is 1. The minimum absolute atomic E-state index is 0.0905. The lowest BCUT2D eigenvalue weighted by Crippen LogP contribution is -2.31. The number of rotatable bonds is 5. The Hall–Kier alpha value is -1.30. The van der Waals surface area contributed by atoms with Crippen molar-refractivity contribution in [2.45, 2.75) is 26.3 Å². The second-order valence-electron chi connectivity index (χ2n) is 4.12. The van der Waals surface area contributed by atoms with Gasteiger partial charge in [0.05, 0.1) is 23.2 Å². The number of nitrogen functional groups attached to an aromatic ring is 1. The van der Waals surface area contributed by atoms with Gasteiger partial charge in [0.15, 0.2) is 0 Å². The molecule has 0 spiro atoms. The van der Waals surface area contributed by atoms with Crippen LogP contribution in [0.2, 0.25) is 0 Å². The SMILES string of the molecule is CC(C)NC(=O)CCOc1cc(F)c(Br)cc1N. The number of nitrogens with one attached hydrogen (secondary N) is 1. The number of carbonyl (C=O) groups excluding carboxylic acids is 1. The summed E-state index contributed by atoms with van der Waals surface area (Å²) >= 11 is 3.02. The van der Waals surface area contributed by atoms with Crippen molar-refractivity contribution in [2.24, 2.45) is 0 Å². The van der Waals surface area contributed by atoms with E-state index in [9.17, 15) is 9.18 Å². The molecule has 0 fully saturated rings. The number of ether oxygens (including phenoxy) is 1. The molecule has 0 atom stereocenters. The van der Waals surface area contributed by atoms with Crippen molar-refractivity contribution < 1.29 is 13.9 Å². The first-order valence-corrected chi connectivity index (χ1v) is 6.36. The third-order valence-corrected chi connectivity index (χ3v) is 2.70. The van der Waals surface area contributed by atoms with E-state index in [2.05, 4.69) is 21.2 Å². The van der Waals surface area contributed by atoms with Crippen LogP contribution < -0.4 is 15.8 Å². The minimum Gasteiger partial charge on any atom is -0.491 e. The summed E-state index contributed by atoms with van der Waals surface area (Å²) in [6.07, 6.45) is 0.204. The normalized spacial score (nSPS) is 10.5. The predicted molar refractivity (Wildman–Crippen MR) is 71.9 cm³/mol. The van der Waals surface area contributed by atoms with Gasteiger partial charge in [0.25, 0.3) is 0 Å². The lowest BCUT2D eigenvalue weighted by molar-refractivity contribution is -0.122. The fraction of sp³-hybridized carbons (Fsp3) is 0.417. The first-order chi connectivity index (χ1) is 8.40. The van der Waals surface area contributed by atoms with Crippen molar-refractivity contribution in [3.05, 3.63) is 22.4 Å². The molecule has 3 N–H and O–H groups in total. The monoisotopic (exact) mass is 318 g/mol. The van der Waals surface area contributed by atoms with Gasteiger partial charge >= 0.3 is 0 Å². The van der Waals surface area contributed by atoms with Gasteiger partial charge < -0.3 is 15.8 Å².